The zero-order valence-corrected chi connectivity index (χ0v) is 13.6. The van der Waals surface area contributed by atoms with Crippen molar-refractivity contribution in [1.82, 2.24) is 5.32 Å². The van der Waals surface area contributed by atoms with Crippen molar-refractivity contribution in [2.45, 2.75) is 25.8 Å². The van der Waals surface area contributed by atoms with E-state index >= 15 is 0 Å². The van der Waals surface area contributed by atoms with Gasteiger partial charge in [-0.3, -0.25) is 4.79 Å². The van der Waals surface area contributed by atoms with Crippen molar-refractivity contribution in [2.75, 3.05) is 0 Å². The van der Waals surface area contributed by atoms with Crippen LogP contribution < -0.4 is 5.32 Å². The maximum absolute atomic E-state index is 12.3. The summed E-state index contributed by atoms with van der Waals surface area (Å²) in [5.74, 6) is -0.0105. The number of carbonyl (C=O) groups excluding carboxylic acids is 1. The van der Waals surface area contributed by atoms with Gasteiger partial charge in [0, 0.05) is 9.13 Å². The molecule has 0 aromatic heterocycles. The summed E-state index contributed by atoms with van der Waals surface area (Å²) >= 11 is 2.24. The van der Waals surface area contributed by atoms with E-state index in [2.05, 4.69) is 47.0 Å². The molecule has 2 nitrogen and oxygen atoms in total. The van der Waals surface area contributed by atoms with Gasteiger partial charge >= 0.3 is 0 Å². The number of rotatable bonds is 5. The van der Waals surface area contributed by atoms with E-state index in [1.54, 1.807) is 0 Å². The van der Waals surface area contributed by atoms with Gasteiger partial charge in [0.25, 0.3) is 5.91 Å². The van der Waals surface area contributed by atoms with Gasteiger partial charge in [0.05, 0.1) is 6.04 Å². The molecular weight excluding hydrogens is 361 g/mol. The number of halogens is 1. The number of amides is 1. The molecule has 0 saturated carbocycles. The molecule has 0 saturated heterocycles. The minimum atomic E-state index is -0.0105. The minimum absolute atomic E-state index is 0.0105. The molecule has 2 rings (SSSR count). The molecule has 2 aromatic rings. The van der Waals surface area contributed by atoms with E-state index in [-0.39, 0.29) is 11.9 Å². The lowest BCUT2D eigenvalue weighted by atomic mass is 10.0. The Bertz CT molecular complexity index is 551. The highest BCUT2D eigenvalue weighted by atomic mass is 127. The number of hydrogen-bond donors (Lipinski definition) is 1. The standard InChI is InChI=1S/C17H18INO/c1-2-6-16(13-7-4-3-5-8-13)19-17(20)14-9-11-15(18)12-10-14/h3-5,7-12,16H,2,6H2,1H3,(H,19,20). The molecule has 20 heavy (non-hydrogen) atoms. The molecule has 1 atom stereocenters. The average Bonchev–Trinajstić information content (AvgIpc) is 2.48. The Morgan fingerprint density at radius 1 is 1.10 bits per heavy atom. The van der Waals surface area contributed by atoms with Crippen molar-refractivity contribution in [3.8, 4) is 0 Å². The fraction of sp³-hybridized carbons (Fsp3) is 0.235. The average molecular weight is 379 g/mol. The predicted octanol–water partition coefficient (Wildman–Crippen LogP) is 4.56. The summed E-state index contributed by atoms with van der Waals surface area (Å²) in [7, 11) is 0. The molecule has 0 bridgehead atoms. The van der Waals surface area contributed by atoms with Crippen molar-refractivity contribution in [1.29, 1.82) is 0 Å². The zero-order valence-electron chi connectivity index (χ0n) is 11.5. The maximum Gasteiger partial charge on any atom is 0.251 e. The van der Waals surface area contributed by atoms with Crippen molar-refractivity contribution < 1.29 is 4.79 Å². The topological polar surface area (TPSA) is 29.1 Å². The lowest BCUT2D eigenvalue weighted by Gasteiger charge is -2.18. The highest BCUT2D eigenvalue weighted by molar-refractivity contribution is 14.1. The van der Waals surface area contributed by atoms with E-state index in [1.165, 1.54) is 0 Å². The number of nitrogens with one attached hydrogen (secondary N) is 1. The van der Waals surface area contributed by atoms with Crippen LogP contribution in [0.3, 0.4) is 0 Å². The van der Waals surface area contributed by atoms with Crippen LogP contribution in [0.2, 0.25) is 0 Å². The Balaban J connectivity index is 2.12. The van der Waals surface area contributed by atoms with Crippen LogP contribution in [0.5, 0.6) is 0 Å². The van der Waals surface area contributed by atoms with Gasteiger partial charge < -0.3 is 5.32 Å². The third-order valence-electron chi connectivity index (χ3n) is 3.19. The molecule has 0 aliphatic heterocycles. The van der Waals surface area contributed by atoms with Gasteiger partial charge in [-0.2, -0.15) is 0 Å². The van der Waals surface area contributed by atoms with Crippen LogP contribution >= 0.6 is 22.6 Å². The second kappa shape index (κ2) is 7.43. The second-order valence-electron chi connectivity index (χ2n) is 4.73. The number of carbonyl (C=O) groups is 1. The molecule has 104 valence electrons. The summed E-state index contributed by atoms with van der Waals surface area (Å²) in [6.45, 7) is 2.13. The first-order valence-corrected chi connectivity index (χ1v) is 7.90. The number of benzene rings is 2. The first-order chi connectivity index (χ1) is 9.70. The molecule has 0 aliphatic rings. The van der Waals surface area contributed by atoms with Gasteiger partial charge in [0.1, 0.15) is 0 Å². The van der Waals surface area contributed by atoms with E-state index in [1.807, 2.05) is 42.5 Å². The Labute approximate surface area is 133 Å². The molecule has 1 N–H and O–H groups in total. The van der Waals surface area contributed by atoms with E-state index < -0.39 is 0 Å². The Kier molecular flexibility index (Phi) is 5.59. The smallest absolute Gasteiger partial charge is 0.251 e. The van der Waals surface area contributed by atoms with E-state index in [0.29, 0.717) is 5.56 Å². The van der Waals surface area contributed by atoms with Crippen LogP contribution in [0.4, 0.5) is 0 Å². The van der Waals surface area contributed by atoms with E-state index in [9.17, 15) is 4.79 Å². The summed E-state index contributed by atoms with van der Waals surface area (Å²) in [6, 6.07) is 17.9. The van der Waals surface area contributed by atoms with Crippen LogP contribution in [-0.2, 0) is 0 Å². The molecule has 0 fully saturated rings. The SMILES string of the molecule is CCCC(NC(=O)c1ccc(I)cc1)c1ccccc1. The van der Waals surface area contributed by atoms with Crippen LogP contribution in [-0.4, -0.2) is 5.91 Å². The fourth-order valence-corrected chi connectivity index (χ4v) is 2.50. The van der Waals surface area contributed by atoms with Gasteiger partial charge in [0.15, 0.2) is 0 Å². The van der Waals surface area contributed by atoms with Crippen molar-refractivity contribution in [3.63, 3.8) is 0 Å². The van der Waals surface area contributed by atoms with Gasteiger partial charge in [-0.1, -0.05) is 43.7 Å². The highest BCUT2D eigenvalue weighted by Crippen LogP contribution is 2.19. The van der Waals surface area contributed by atoms with Crippen LogP contribution in [0.25, 0.3) is 0 Å². The Morgan fingerprint density at radius 3 is 2.35 bits per heavy atom. The monoisotopic (exact) mass is 379 g/mol. The molecule has 0 heterocycles. The summed E-state index contributed by atoms with van der Waals surface area (Å²) in [6.07, 6.45) is 1.98. The lowest BCUT2D eigenvalue weighted by molar-refractivity contribution is 0.0934. The van der Waals surface area contributed by atoms with Gasteiger partial charge in [0.2, 0.25) is 0 Å². The summed E-state index contributed by atoms with van der Waals surface area (Å²) < 4.78 is 1.13. The largest absolute Gasteiger partial charge is 0.345 e. The third-order valence-corrected chi connectivity index (χ3v) is 3.91. The normalized spacial score (nSPS) is 11.9. The van der Waals surface area contributed by atoms with Gasteiger partial charge in [-0.25, -0.2) is 0 Å². The van der Waals surface area contributed by atoms with Gasteiger partial charge in [-0.05, 0) is 58.8 Å². The van der Waals surface area contributed by atoms with E-state index in [0.717, 1.165) is 22.0 Å². The lowest BCUT2D eigenvalue weighted by Crippen LogP contribution is -2.28. The van der Waals surface area contributed by atoms with Crippen LogP contribution in [0.1, 0.15) is 41.7 Å². The summed E-state index contributed by atoms with van der Waals surface area (Å²) in [5, 5.41) is 3.13. The second-order valence-corrected chi connectivity index (χ2v) is 5.98. The van der Waals surface area contributed by atoms with E-state index in [4.69, 9.17) is 0 Å². The molecule has 2 aromatic carbocycles. The summed E-state index contributed by atoms with van der Waals surface area (Å²) in [5.41, 5.74) is 1.87. The van der Waals surface area contributed by atoms with Crippen molar-refractivity contribution in [2.24, 2.45) is 0 Å². The Morgan fingerprint density at radius 2 is 1.75 bits per heavy atom. The van der Waals surface area contributed by atoms with Crippen molar-refractivity contribution >= 4 is 28.5 Å². The zero-order chi connectivity index (χ0) is 14.4. The molecular formula is C17H18INO. The van der Waals surface area contributed by atoms with Crippen LogP contribution in [0.15, 0.2) is 54.6 Å². The molecule has 0 spiro atoms. The van der Waals surface area contributed by atoms with Gasteiger partial charge in [-0.15, -0.1) is 0 Å². The molecule has 1 unspecified atom stereocenters. The minimum Gasteiger partial charge on any atom is -0.345 e. The molecule has 3 heteroatoms. The maximum atomic E-state index is 12.3. The Hall–Kier alpha value is -1.36. The fourth-order valence-electron chi connectivity index (χ4n) is 2.14. The molecule has 0 radical (unpaired) electrons. The van der Waals surface area contributed by atoms with Crippen LogP contribution in [0, 0.1) is 3.57 Å². The third kappa shape index (κ3) is 4.07. The predicted molar refractivity (Wildman–Crippen MR) is 90.7 cm³/mol. The number of hydrogen-bond acceptors (Lipinski definition) is 1. The summed E-state index contributed by atoms with van der Waals surface area (Å²) in [4.78, 5) is 12.3. The quantitative estimate of drug-likeness (QED) is 0.759. The first-order valence-electron chi connectivity index (χ1n) is 6.82. The molecule has 1 amide bonds. The van der Waals surface area contributed by atoms with Crippen molar-refractivity contribution in [3.05, 3.63) is 69.3 Å². The highest BCUT2D eigenvalue weighted by Gasteiger charge is 2.14. The molecule has 0 aliphatic carbocycles. The first kappa shape index (κ1) is 15.0.